The van der Waals surface area contributed by atoms with Gasteiger partial charge in [-0.2, -0.15) is 20.1 Å². The number of hydrogen-bond donors (Lipinski definition) is 0. The summed E-state index contributed by atoms with van der Waals surface area (Å²) in [5.74, 6) is 0. The van der Waals surface area contributed by atoms with Crippen LogP contribution in [0.5, 0.6) is 0 Å². The topological polar surface area (TPSA) is 79.2 Å². The van der Waals surface area contributed by atoms with Crippen molar-refractivity contribution in [3.63, 3.8) is 0 Å². The number of para-hydroxylation sites is 1. The minimum absolute atomic E-state index is 0.231. The molecular weight excluding hydrogens is 472 g/mol. The van der Waals surface area contributed by atoms with Gasteiger partial charge in [0.2, 0.25) is 0 Å². The number of rotatable bonds is 5. The lowest BCUT2D eigenvalue weighted by Gasteiger charge is -2.22. The van der Waals surface area contributed by atoms with Crippen molar-refractivity contribution in [1.29, 1.82) is 5.26 Å². The van der Waals surface area contributed by atoms with Gasteiger partial charge < -0.3 is 4.57 Å². The number of hydrazone groups is 1. The van der Waals surface area contributed by atoms with Crippen LogP contribution in [0.2, 0.25) is 0 Å². The van der Waals surface area contributed by atoms with Gasteiger partial charge in [0, 0.05) is 36.1 Å². The molecule has 0 atom stereocenters. The van der Waals surface area contributed by atoms with E-state index in [0.29, 0.717) is 29.1 Å². The average molecular weight is 507 g/mol. The highest BCUT2D eigenvalue weighted by atomic mass is 16.1. The van der Waals surface area contributed by atoms with E-state index >= 15 is 0 Å². The van der Waals surface area contributed by atoms with Gasteiger partial charge in [-0.05, 0) is 56.0 Å². The Morgan fingerprint density at radius 1 is 1.11 bits per heavy atom. The van der Waals surface area contributed by atoms with E-state index in [2.05, 4.69) is 58.1 Å². The molecule has 0 fully saturated rings. The number of fused-ring (bicyclic) bond motifs is 1. The van der Waals surface area contributed by atoms with Crippen molar-refractivity contribution in [2.24, 2.45) is 5.10 Å². The van der Waals surface area contributed by atoms with Gasteiger partial charge in [0.1, 0.15) is 11.8 Å². The van der Waals surface area contributed by atoms with Gasteiger partial charge in [0.25, 0.3) is 5.56 Å². The van der Waals surface area contributed by atoms with Crippen LogP contribution in [-0.4, -0.2) is 27.1 Å². The van der Waals surface area contributed by atoms with E-state index in [1.807, 2.05) is 50.3 Å². The summed E-state index contributed by atoms with van der Waals surface area (Å²) in [4.78, 5) is 13.5. The number of nitrogens with zero attached hydrogens (tertiary/aromatic N) is 6. The quantitative estimate of drug-likeness (QED) is 0.394. The molecule has 3 heterocycles. The molecule has 194 valence electrons. The van der Waals surface area contributed by atoms with Crippen LogP contribution in [0.4, 0.5) is 5.69 Å². The number of pyridine rings is 1. The molecule has 0 radical (unpaired) electrons. The molecule has 5 rings (SSSR count). The maximum absolute atomic E-state index is 13.5. The minimum Gasteiger partial charge on any atom is -0.342 e. The fourth-order valence-electron chi connectivity index (χ4n) is 4.70. The van der Waals surface area contributed by atoms with Gasteiger partial charge in [-0.15, -0.1) is 0 Å². The van der Waals surface area contributed by atoms with E-state index < -0.39 is 0 Å². The average Bonchev–Trinajstić information content (AvgIpc) is 3.30. The fraction of sp³-hybridized carbons (Fsp3) is 0.290. The molecular formula is C31H34N6O. The third-order valence-electron chi connectivity index (χ3n) is 6.45. The number of anilines is 1. The van der Waals surface area contributed by atoms with Crippen LogP contribution in [0, 0.1) is 11.3 Å². The van der Waals surface area contributed by atoms with Crippen molar-refractivity contribution in [2.75, 3.05) is 11.6 Å². The number of nitriles is 1. The van der Waals surface area contributed by atoms with Crippen LogP contribution in [0.15, 0.2) is 64.6 Å². The second-order valence-electron chi connectivity index (χ2n) is 8.80. The normalized spacial score (nSPS) is 13.9. The molecule has 3 aliphatic heterocycles. The Morgan fingerprint density at radius 3 is 2.53 bits per heavy atom. The lowest BCUT2D eigenvalue weighted by molar-refractivity contribution is 0.746. The summed E-state index contributed by atoms with van der Waals surface area (Å²) in [6.45, 7) is 9.61. The Morgan fingerprint density at radius 2 is 1.87 bits per heavy atom. The molecule has 2 aromatic rings. The summed E-state index contributed by atoms with van der Waals surface area (Å²) < 4.78 is 3.48. The molecule has 38 heavy (non-hydrogen) atoms. The molecule has 0 N–H and O–H groups in total. The Hall–Kier alpha value is -4.44. The number of benzene rings is 2. The highest BCUT2D eigenvalue weighted by Gasteiger charge is 2.20. The standard InChI is InChI=1S/C29H28N6O.C2H6/c1-3-9-27-24(4-2)28-25(29(36)35(32-28)26-11-6-5-10-22(26)18-30)20-33(27)19-21-12-14-23(15-13-21)34-17-8-7-16-31-34;1-2/h4-6,9-16,20H,3,7-8,17,19H2,1-2H3;1-2H3/b24-4+,27-9+;. The third-order valence-corrected chi connectivity index (χ3v) is 6.45. The SMILES string of the molecule is C/C=c1/c2nn(-c3ccccc3C#N)c(=O)c-2cn(Cc2ccc(N3CCCC=N3)cc2)/c1=C/CC.CC. The fourth-order valence-corrected chi connectivity index (χ4v) is 4.70. The largest absolute Gasteiger partial charge is 0.342 e. The first-order chi connectivity index (χ1) is 18.6. The molecule has 0 aromatic heterocycles. The Bertz CT molecular complexity index is 1620. The summed E-state index contributed by atoms with van der Waals surface area (Å²) >= 11 is 0. The third kappa shape index (κ3) is 5.16. The van der Waals surface area contributed by atoms with Crippen molar-refractivity contribution in [3.05, 3.63) is 86.8 Å². The lowest BCUT2D eigenvalue weighted by Crippen LogP contribution is -2.38. The van der Waals surface area contributed by atoms with Gasteiger partial charge >= 0.3 is 0 Å². The monoisotopic (exact) mass is 506 g/mol. The molecule has 7 heteroatoms. The smallest absolute Gasteiger partial charge is 0.282 e. The Labute approximate surface area is 223 Å². The van der Waals surface area contributed by atoms with Gasteiger partial charge in [0.15, 0.2) is 0 Å². The van der Waals surface area contributed by atoms with Crippen molar-refractivity contribution in [1.82, 2.24) is 14.3 Å². The zero-order valence-electron chi connectivity index (χ0n) is 22.6. The summed E-state index contributed by atoms with van der Waals surface area (Å²) in [5.41, 5.74) is 4.06. The number of hydrogen-bond acceptors (Lipinski definition) is 5. The minimum atomic E-state index is -0.231. The zero-order chi connectivity index (χ0) is 27.1. The van der Waals surface area contributed by atoms with Crippen molar-refractivity contribution in [2.45, 2.75) is 53.5 Å². The maximum atomic E-state index is 13.5. The molecule has 0 aliphatic carbocycles. The van der Waals surface area contributed by atoms with E-state index in [0.717, 1.165) is 47.6 Å². The Kier molecular flexibility index (Phi) is 8.55. The lowest BCUT2D eigenvalue weighted by atomic mass is 10.1. The van der Waals surface area contributed by atoms with E-state index in [1.54, 1.807) is 18.2 Å². The molecule has 0 amide bonds. The van der Waals surface area contributed by atoms with Crippen LogP contribution < -0.4 is 21.1 Å². The molecule has 0 spiro atoms. The highest BCUT2D eigenvalue weighted by molar-refractivity contribution is 5.64. The van der Waals surface area contributed by atoms with Crippen molar-refractivity contribution in [3.8, 4) is 23.0 Å². The zero-order valence-corrected chi connectivity index (χ0v) is 22.6. The summed E-state index contributed by atoms with van der Waals surface area (Å²) in [6, 6.07) is 17.6. The molecule has 0 saturated heterocycles. The van der Waals surface area contributed by atoms with E-state index in [9.17, 15) is 10.1 Å². The first kappa shape index (κ1) is 26.6. The van der Waals surface area contributed by atoms with E-state index in [-0.39, 0.29) is 5.56 Å². The number of aromatic nitrogens is 3. The van der Waals surface area contributed by atoms with Gasteiger partial charge in [-0.1, -0.05) is 57.2 Å². The van der Waals surface area contributed by atoms with Crippen molar-refractivity contribution >= 4 is 24.1 Å². The van der Waals surface area contributed by atoms with E-state index in [1.165, 1.54) is 4.68 Å². The van der Waals surface area contributed by atoms with Crippen LogP contribution in [0.25, 0.3) is 29.1 Å². The first-order valence-corrected chi connectivity index (χ1v) is 13.3. The van der Waals surface area contributed by atoms with E-state index in [4.69, 9.17) is 0 Å². The van der Waals surface area contributed by atoms with Crippen LogP contribution in [-0.2, 0) is 6.54 Å². The van der Waals surface area contributed by atoms with Crippen LogP contribution >= 0.6 is 0 Å². The predicted molar refractivity (Wildman–Crippen MR) is 155 cm³/mol. The summed E-state index contributed by atoms with van der Waals surface area (Å²) in [6.07, 6.45) is 11.0. The molecule has 0 unspecified atom stereocenters. The molecule has 7 nitrogen and oxygen atoms in total. The maximum Gasteiger partial charge on any atom is 0.282 e. The van der Waals surface area contributed by atoms with Gasteiger partial charge in [0.05, 0.1) is 22.5 Å². The molecule has 3 aliphatic rings. The second kappa shape index (κ2) is 12.2. The summed E-state index contributed by atoms with van der Waals surface area (Å²) in [5, 5.41) is 22.7. The predicted octanol–water partition coefficient (Wildman–Crippen LogP) is 4.66. The molecule has 0 saturated carbocycles. The first-order valence-electron chi connectivity index (χ1n) is 13.3. The van der Waals surface area contributed by atoms with Crippen molar-refractivity contribution < 1.29 is 0 Å². The van der Waals surface area contributed by atoms with Crippen LogP contribution in [0.3, 0.4) is 0 Å². The second-order valence-corrected chi connectivity index (χ2v) is 8.80. The van der Waals surface area contributed by atoms with Crippen LogP contribution in [0.1, 0.15) is 58.1 Å². The van der Waals surface area contributed by atoms with Gasteiger partial charge in [-0.25, -0.2) is 0 Å². The molecule has 0 bridgehead atoms. The van der Waals surface area contributed by atoms with Gasteiger partial charge in [-0.3, -0.25) is 9.80 Å². The molecule has 2 aromatic carbocycles. The highest BCUT2D eigenvalue weighted by Crippen LogP contribution is 2.20. The Balaban J connectivity index is 0.00000164. The summed E-state index contributed by atoms with van der Waals surface area (Å²) in [7, 11) is 0.